The number of esters is 2. The summed E-state index contributed by atoms with van der Waals surface area (Å²) in [5.74, 6) is -1.88. The molecule has 2 atom stereocenters. The molecule has 1 saturated carbocycles. The topological polar surface area (TPSA) is 82.1 Å². The van der Waals surface area contributed by atoms with E-state index in [4.69, 9.17) is 14.2 Å². The lowest BCUT2D eigenvalue weighted by atomic mass is 9.81. The van der Waals surface area contributed by atoms with Gasteiger partial charge in [-0.15, -0.1) is 0 Å². The number of hydrogen-bond acceptors (Lipinski definition) is 6. The van der Waals surface area contributed by atoms with Crippen LogP contribution >= 0.6 is 0 Å². The van der Waals surface area contributed by atoms with Crippen LogP contribution in [0.3, 0.4) is 0 Å². The van der Waals surface area contributed by atoms with Gasteiger partial charge in [0.1, 0.15) is 12.6 Å². The van der Waals surface area contributed by atoms with E-state index in [9.17, 15) is 14.4 Å². The van der Waals surface area contributed by atoms with Gasteiger partial charge in [-0.25, -0.2) is 9.59 Å². The first kappa shape index (κ1) is 18.2. The predicted octanol–water partition coefficient (Wildman–Crippen LogP) is 2.14. The molecule has 7 heteroatoms. The van der Waals surface area contributed by atoms with E-state index in [1.807, 2.05) is 30.3 Å². The summed E-state index contributed by atoms with van der Waals surface area (Å²) in [4.78, 5) is 38.7. The highest BCUT2D eigenvalue weighted by Gasteiger charge is 2.57. The lowest BCUT2D eigenvalue weighted by Crippen LogP contribution is -2.58. The van der Waals surface area contributed by atoms with Crippen molar-refractivity contribution in [2.24, 2.45) is 11.3 Å². The zero-order valence-corrected chi connectivity index (χ0v) is 15.0. The number of likely N-dealkylation sites (tertiary alicyclic amines) is 1. The second-order valence-corrected chi connectivity index (χ2v) is 6.97. The molecule has 1 saturated heterocycles. The fourth-order valence-corrected chi connectivity index (χ4v) is 3.62. The van der Waals surface area contributed by atoms with Crippen molar-refractivity contribution in [3.8, 4) is 0 Å². The summed E-state index contributed by atoms with van der Waals surface area (Å²) in [6.07, 6.45) is 1.71. The minimum Gasteiger partial charge on any atom is -0.469 e. The van der Waals surface area contributed by atoms with E-state index < -0.39 is 30.0 Å². The number of piperidine rings is 1. The molecule has 1 aromatic rings. The molecule has 1 aliphatic heterocycles. The lowest BCUT2D eigenvalue weighted by Gasteiger charge is -2.41. The zero-order chi connectivity index (χ0) is 18.7. The number of carbonyl (C=O) groups excluding carboxylic acids is 3. The Hall–Kier alpha value is -2.57. The Kier molecular flexibility index (Phi) is 5.15. The van der Waals surface area contributed by atoms with Gasteiger partial charge in [-0.05, 0) is 30.2 Å². The summed E-state index contributed by atoms with van der Waals surface area (Å²) in [7, 11) is 2.54. The van der Waals surface area contributed by atoms with Crippen LogP contribution in [0.25, 0.3) is 0 Å². The van der Waals surface area contributed by atoms with Crippen molar-refractivity contribution in [2.45, 2.75) is 31.9 Å². The molecule has 1 heterocycles. The van der Waals surface area contributed by atoms with E-state index in [2.05, 4.69) is 0 Å². The summed E-state index contributed by atoms with van der Waals surface area (Å²) >= 11 is 0. The second kappa shape index (κ2) is 7.35. The van der Waals surface area contributed by atoms with Gasteiger partial charge in [0.2, 0.25) is 0 Å². The summed E-state index contributed by atoms with van der Waals surface area (Å²) in [6, 6.07) is 8.20. The van der Waals surface area contributed by atoms with Crippen LogP contribution in [0.5, 0.6) is 0 Å². The molecule has 0 aromatic heterocycles. The van der Waals surface area contributed by atoms with Crippen LogP contribution < -0.4 is 0 Å². The van der Waals surface area contributed by atoms with Crippen LogP contribution in [0, 0.1) is 11.3 Å². The Bertz CT molecular complexity index is 657. The average molecular weight is 361 g/mol. The molecule has 2 aliphatic rings. The predicted molar refractivity (Wildman–Crippen MR) is 90.9 cm³/mol. The van der Waals surface area contributed by atoms with Gasteiger partial charge >= 0.3 is 18.0 Å². The molecule has 1 amide bonds. The standard InChI is InChI=1S/C19H23NO6/c1-24-16(21)14-10-19(8-9-19)12-20(18(23)25-2)15(14)17(22)26-11-13-6-4-3-5-7-13/h3-7,14-15H,8-12H2,1-2H3/t14-,15-/m0/s1. The molecule has 0 unspecified atom stereocenters. The maximum absolute atomic E-state index is 12.8. The van der Waals surface area contributed by atoms with E-state index >= 15 is 0 Å². The van der Waals surface area contributed by atoms with Crippen LogP contribution in [-0.2, 0) is 30.4 Å². The minimum absolute atomic E-state index is 0.0736. The van der Waals surface area contributed by atoms with Crippen molar-refractivity contribution >= 4 is 18.0 Å². The van der Waals surface area contributed by atoms with Crippen LogP contribution in [0.1, 0.15) is 24.8 Å². The SMILES string of the molecule is COC(=O)[C@H]1CC2(CC2)CN(C(=O)OC)[C@@H]1C(=O)OCc1ccccc1. The largest absolute Gasteiger partial charge is 0.469 e. The number of methoxy groups -OCH3 is 2. The van der Waals surface area contributed by atoms with Gasteiger partial charge in [0.15, 0.2) is 0 Å². The normalized spacial score (nSPS) is 23.2. The van der Waals surface area contributed by atoms with E-state index in [-0.39, 0.29) is 12.0 Å². The third kappa shape index (κ3) is 3.66. The molecule has 0 N–H and O–H groups in total. The van der Waals surface area contributed by atoms with Crippen molar-refractivity contribution < 1.29 is 28.6 Å². The van der Waals surface area contributed by atoms with Crippen LogP contribution in [0.2, 0.25) is 0 Å². The number of benzene rings is 1. The van der Waals surface area contributed by atoms with Gasteiger partial charge < -0.3 is 14.2 Å². The van der Waals surface area contributed by atoms with Crippen molar-refractivity contribution in [3.63, 3.8) is 0 Å². The number of hydrogen-bond donors (Lipinski definition) is 0. The third-order valence-corrected chi connectivity index (χ3v) is 5.21. The van der Waals surface area contributed by atoms with Gasteiger partial charge in [0, 0.05) is 6.54 Å². The molecule has 2 fully saturated rings. The second-order valence-electron chi connectivity index (χ2n) is 6.97. The highest BCUT2D eigenvalue weighted by atomic mass is 16.6. The van der Waals surface area contributed by atoms with Gasteiger partial charge in [0.05, 0.1) is 20.1 Å². The first-order valence-electron chi connectivity index (χ1n) is 8.63. The molecule has 140 valence electrons. The number of ether oxygens (including phenoxy) is 3. The van der Waals surface area contributed by atoms with E-state index in [0.717, 1.165) is 18.4 Å². The number of nitrogens with zero attached hydrogens (tertiary/aromatic N) is 1. The Morgan fingerprint density at radius 1 is 1.08 bits per heavy atom. The maximum atomic E-state index is 12.8. The van der Waals surface area contributed by atoms with E-state index in [0.29, 0.717) is 13.0 Å². The molecular formula is C19H23NO6. The van der Waals surface area contributed by atoms with E-state index in [1.54, 1.807) is 0 Å². The Morgan fingerprint density at radius 3 is 2.35 bits per heavy atom. The van der Waals surface area contributed by atoms with Crippen molar-refractivity contribution in [1.82, 2.24) is 4.90 Å². The van der Waals surface area contributed by atoms with Crippen LogP contribution in [0.4, 0.5) is 4.79 Å². The summed E-state index contributed by atoms with van der Waals surface area (Å²) in [5.41, 5.74) is 0.707. The molecule has 3 rings (SSSR count). The fourth-order valence-electron chi connectivity index (χ4n) is 3.62. The van der Waals surface area contributed by atoms with Crippen molar-refractivity contribution in [1.29, 1.82) is 0 Å². The minimum atomic E-state index is -1.04. The Labute approximate surface area is 152 Å². The molecule has 1 aliphatic carbocycles. The average Bonchev–Trinajstić information content (AvgIpc) is 3.43. The molecule has 1 spiro atoms. The fraction of sp³-hybridized carbons (Fsp3) is 0.526. The number of rotatable bonds is 4. The number of carbonyl (C=O) groups is 3. The summed E-state index contributed by atoms with van der Waals surface area (Å²) in [6.45, 7) is 0.461. The Balaban J connectivity index is 1.81. The Morgan fingerprint density at radius 2 is 1.77 bits per heavy atom. The van der Waals surface area contributed by atoms with Gasteiger partial charge in [-0.2, -0.15) is 0 Å². The maximum Gasteiger partial charge on any atom is 0.410 e. The summed E-state index contributed by atoms with van der Waals surface area (Å²) < 4.78 is 15.1. The van der Waals surface area contributed by atoms with Gasteiger partial charge in [-0.1, -0.05) is 30.3 Å². The van der Waals surface area contributed by atoms with Crippen molar-refractivity contribution in [3.05, 3.63) is 35.9 Å². The van der Waals surface area contributed by atoms with Gasteiger partial charge in [-0.3, -0.25) is 9.69 Å². The molecule has 7 nitrogen and oxygen atoms in total. The third-order valence-electron chi connectivity index (χ3n) is 5.21. The number of amides is 1. The highest BCUT2D eigenvalue weighted by molar-refractivity contribution is 5.88. The van der Waals surface area contributed by atoms with Crippen LogP contribution in [-0.4, -0.2) is 49.7 Å². The highest BCUT2D eigenvalue weighted by Crippen LogP contribution is 2.55. The van der Waals surface area contributed by atoms with Crippen molar-refractivity contribution in [2.75, 3.05) is 20.8 Å². The summed E-state index contributed by atoms with van der Waals surface area (Å²) in [5, 5.41) is 0. The molecular weight excluding hydrogens is 338 g/mol. The van der Waals surface area contributed by atoms with Gasteiger partial charge in [0.25, 0.3) is 0 Å². The quantitative estimate of drug-likeness (QED) is 0.604. The molecule has 1 aromatic carbocycles. The van der Waals surface area contributed by atoms with E-state index in [1.165, 1.54) is 19.1 Å². The molecule has 0 radical (unpaired) electrons. The lowest BCUT2D eigenvalue weighted by molar-refractivity contribution is -0.165. The first-order valence-corrected chi connectivity index (χ1v) is 8.63. The monoisotopic (exact) mass is 361 g/mol. The molecule has 26 heavy (non-hydrogen) atoms. The molecule has 0 bridgehead atoms. The first-order chi connectivity index (χ1) is 12.5. The smallest absolute Gasteiger partial charge is 0.410 e. The van der Waals surface area contributed by atoms with Crippen LogP contribution in [0.15, 0.2) is 30.3 Å². The zero-order valence-electron chi connectivity index (χ0n) is 15.0.